The van der Waals surface area contributed by atoms with Crippen molar-refractivity contribution in [3.63, 3.8) is 0 Å². The first-order chi connectivity index (χ1) is 7.88. The molecule has 17 heavy (non-hydrogen) atoms. The molecule has 2 atom stereocenters. The van der Waals surface area contributed by atoms with Gasteiger partial charge in [-0.05, 0) is 18.9 Å². The highest BCUT2D eigenvalue weighted by molar-refractivity contribution is 5.71. The molecule has 0 amide bonds. The van der Waals surface area contributed by atoms with Crippen LogP contribution in [0.3, 0.4) is 0 Å². The van der Waals surface area contributed by atoms with Crippen molar-refractivity contribution in [1.82, 2.24) is 0 Å². The SMILES string of the molecule is C=C(C)C(=C)OCC(O)COC(=O)C(C)CC. The van der Waals surface area contributed by atoms with E-state index in [0.717, 1.165) is 6.42 Å². The van der Waals surface area contributed by atoms with Gasteiger partial charge in [0, 0.05) is 0 Å². The molecule has 0 heterocycles. The lowest BCUT2D eigenvalue weighted by Gasteiger charge is -2.15. The van der Waals surface area contributed by atoms with E-state index in [9.17, 15) is 9.90 Å². The number of aliphatic hydroxyl groups is 1. The van der Waals surface area contributed by atoms with Crippen molar-refractivity contribution < 1.29 is 19.4 Å². The molecule has 4 heteroatoms. The maximum Gasteiger partial charge on any atom is 0.308 e. The minimum atomic E-state index is -0.848. The van der Waals surface area contributed by atoms with Crippen LogP contribution in [-0.2, 0) is 14.3 Å². The van der Waals surface area contributed by atoms with Crippen molar-refractivity contribution in [2.45, 2.75) is 33.3 Å². The van der Waals surface area contributed by atoms with Gasteiger partial charge in [-0.3, -0.25) is 4.79 Å². The first-order valence-electron chi connectivity index (χ1n) is 5.70. The fourth-order valence-electron chi connectivity index (χ4n) is 0.855. The summed E-state index contributed by atoms with van der Waals surface area (Å²) in [5.41, 5.74) is 0.703. The predicted octanol–water partition coefficient (Wildman–Crippen LogP) is 2.04. The highest BCUT2D eigenvalue weighted by atomic mass is 16.5. The summed E-state index contributed by atoms with van der Waals surface area (Å²) in [5.74, 6) is -0.0175. The minimum absolute atomic E-state index is 0.0412. The van der Waals surface area contributed by atoms with Crippen molar-refractivity contribution in [2.75, 3.05) is 13.2 Å². The van der Waals surface area contributed by atoms with Crippen molar-refractivity contribution in [3.05, 3.63) is 24.5 Å². The standard InChI is InChI=1S/C13H22O4/c1-6-10(4)13(15)17-8-12(14)7-16-11(5)9(2)3/h10,12,14H,2,5-8H2,1,3-4H3. The van der Waals surface area contributed by atoms with Gasteiger partial charge < -0.3 is 14.6 Å². The molecule has 0 aromatic heterocycles. The maximum atomic E-state index is 11.3. The van der Waals surface area contributed by atoms with E-state index in [0.29, 0.717) is 11.3 Å². The average Bonchev–Trinajstić information content (AvgIpc) is 2.31. The maximum absolute atomic E-state index is 11.3. The van der Waals surface area contributed by atoms with Gasteiger partial charge in [0.25, 0.3) is 0 Å². The Morgan fingerprint density at radius 3 is 2.29 bits per heavy atom. The van der Waals surface area contributed by atoms with E-state index in [1.54, 1.807) is 13.8 Å². The number of hydrogen-bond acceptors (Lipinski definition) is 4. The van der Waals surface area contributed by atoms with Crippen LogP contribution in [0.5, 0.6) is 0 Å². The summed E-state index contributed by atoms with van der Waals surface area (Å²) < 4.78 is 10.1. The quantitative estimate of drug-likeness (QED) is 0.402. The fourth-order valence-corrected chi connectivity index (χ4v) is 0.855. The van der Waals surface area contributed by atoms with Crippen molar-refractivity contribution >= 4 is 5.97 Å². The van der Waals surface area contributed by atoms with E-state index in [4.69, 9.17) is 9.47 Å². The third-order valence-electron chi connectivity index (χ3n) is 2.36. The van der Waals surface area contributed by atoms with Crippen LogP contribution in [0, 0.1) is 5.92 Å². The minimum Gasteiger partial charge on any atom is -0.491 e. The van der Waals surface area contributed by atoms with Crippen LogP contribution in [0.2, 0.25) is 0 Å². The molecule has 0 fully saturated rings. The zero-order valence-corrected chi connectivity index (χ0v) is 10.9. The van der Waals surface area contributed by atoms with Crippen LogP contribution < -0.4 is 0 Å². The molecular weight excluding hydrogens is 220 g/mol. The number of rotatable bonds is 8. The summed E-state index contributed by atoms with van der Waals surface area (Å²) in [4.78, 5) is 11.3. The van der Waals surface area contributed by atoms with Gasteiger partial charge in [0.2, 0.25) is 0 Å². The molecule has 0 aromatic carbocycles. The van der Waals surface area contributed by atoms with E-state index in [-0.39, 0.29) is 25.1 Å². The van der Waals surface area contributed by atoms with Crippen molar-refractivity contribution in [3.8, 4) is 0 Å². The Kier molecular flexibility index (Phi) is 7.30. The van der Waals surface area contributed by atoms with Gasteiger partial charge in [0.1, 0.15) is 25.1 Å². The second-order valence-electron chi connectivity index (χ2n) is 4.11. The van der Waals surface area contributed by atoms with Gasteiger partial charge in [0.05, 0.1) is 5.92 Å². The number of allylic oxidation sites excluding steroid dienone is 1. The Labute approximate surface area is 103 Å². The molecule has 1 N–H and O–H groups in total. The molecule has 98 valence electrons. The van der Waals surface area contributed by atoms with Gasteiger partial charge in [-0.1, -0.05) is 27.0 Å². The van der Waals surface area contributed by atoms with Gasteiger partial charge in [-0.15, -0.1) is 0 Å². The molecule has 0 aliphatic heterocycles. The van der Waals surface area contributed by atoms with Gasteiger partial charge in [0.15, 0.2) is 0 Å². The Bertz CT molecular complexity index is 283. The average molecular weight is 242 g/mol. The molecule has 0 bridgehead atoms. The zero-order valence-electron chi connectivity index (χ0n) is 10.9. The van der Waals surface area contributed by atoms with E-state index >= 15 is 0 Å². The Morgan fingerprint density at radius 2 is 1.82 bits per heavy atom. The summed E-state index contributed by atoms with van der Waals surface area (Å²) in [6.07, 6.45) is -0.128. The van der Waals surface area contributed by atoms with Crippen LogP contribution in [-0.4, -0.2) is 30.4 Å². The monoisotopic (exact) mass is 242 g/mol. The lowest BCUT2D eigenvalue weighted by molar-refractivity contribution is -0.151. The normalized spacial score (nSPS) is 13.6. The highest BCUT2D eigenvalue weighted by Crippen LogP contribution is 2.07. The Morgan fingerprint density at radius 1 is 1.29 bits per heavy atom. The lowest BCUT2D eigenvalue weighted by atomic mass is 10.1. The van der Waals surface area contributed by atoms with Crippen LogP contribution in [0.25, 0.3) is 0 Å². The molecule has 2 unspecified atom stereocenters. The molecule has 0 spiro atoms. The van der Waals surface area contributed by atoms with E-state index in [1.165, 1.54) is 0 Å². The summed E-state index contributed by atoms with van der Waals surface area (Å²) in [5, 5.41) is 9.51. The number of hydrogen-bond donors (Lipinski definition) is 1. The predicted molar refractivity (Wildman–Crippen MR) is 66.3 cm³/mol. The molecule has 0 aromatic rings. The molecule has 0 aliphatic rings. The van der Waals surface area contributed by atoms with Crippen molar-refractivity contribution in [2.24, 2.45) is 5.92 Å². The van der Waals surface area contributed by atoms with E-state index < -0.39 is 6.10 Å². The lowest BCUT2D eigenvalue weighted by Crippen LogP contribution is -2.25. The summed E-state index contributed by atoms with van der Waals surface area (Å²) >= 11 is 0. The molecule has 0 radical (unpaired) electrons. The smallest absolute Gasteiger partial charge is 0.308 e. The number of carbonyl (C=O) groups excluding carboxylic acids is 1. The summed E-state index contributed by atoms with van der Waals surface area (Å²) in [7, 11) is 0. The second kappa shape index (κ2) is 7.90. The third kappa shape index (κ3) is 6.79. The van der Waals surface area contributed by atoms with Crippen LogP contribution in [0.15, 0.2) is 24.5 Å². The van der Waals surface area contributed by atoms with Gasteiger partial charge in [-0.25, -0.2) is 0 Å². The summed E-state index contributed by atoms with van der Waals surface area (Å²) in [6, 6.07) is 0. The van der Waals surface area contributed by atoms with Crippen molar-refractivity contribution in [1.29, 1.82) is 0 Å². The molecule has 0 saturated heterocycles. The number of esters is 1. The molecule has 4 nitrogen and oxygen atoms in total. The van der Waals surface area contributed by atoms with Crippen LogP contribution >= 0.6 is 0 Å². The molecule has 0 aliphatic carbocycles. The fraction of sp³-hybridized carbons (Fsp3) is 0.615. The summed E-state index contributed by atoms with van der Waals surface area (Å²) in [6.45, 7) is 12.7. The third-order valence-corrected chi connectivity index (χ3v) is 2.36. The second-order valence-corrected chi connectivity index (χ2v) is 4.11. The Hall–Kier alpha value is -1.29. The molecular formula is C13H22O4. The highest BCUT2D eigenvalue weighted by Gasteiger charge is 2.14. The largest absolute Gasteiger partial charge is 0.491 e. The van der Waals surface area contributed by atoms with Gasteiger partial charge >= 0.3 is 5.97 Å². The zero-order chi connectivity index (χ0) is 13.4. The van der Waals surface area contributed by atoms with E-state index in [2.05, 4.69) is 13.2 Å². The molecule has 0 rings (SSSR count). The topological polar surface area (TPSA) is 55.8 Å². The number of ether oxygens (including phenoxy) is 2. The first-order valence-corrected chi connectivity index (χ1v) is 5.70. The van der Waals surface area contributed by atoms with E-state index in [1.807, 2.05) is 6.92 Å². The van der Waals surface area contributed by atoms with Crippen LogP contribution in [0.4, 0.5) is 0 Å². The van der Waals surface area contributed by atoms with Crippen LogP contribution in [0.1, 0.15) is 27.2 Å². The number of carbonyl (C=O) groups is 1. The Balaban J connectivity index is 3.80. The first kappa shape index (κ1) is 15.7. The molecule has 0 saturated carbocycles. The van der Waals surface area contributed by atoms with Gasteiger partial charge in [-0.2, -0.15) is 0 Å². The number of aliphatic hydroxyl groups excluding tert-OH is 1.